The second kappa shape index (κ2) is 14.8. The van der Waals surface area contributed by atoms with Crippen molar-refractivity contribution < 1.29 is 28.5 Å². The summed E-state index contributed by atoms with van der Waals surface area (Å²) in [5.41, 5.74) is 7.97. The highest BCUT2D eigenvalue weighted by Gasteiger charge is 2.24. The number of rotatable bonds is 11. The number of morpholine rings is 1. The van der Waals surface area contributed by atoms with Gasteiger partial charge in [-0.3, -0.25) is 9.79 Å². The van der Waals surface area contributed by atoms with E-state index in [9.17, 15) is 9.90 Å². The molecule has 4 N–H and O–H groups in total. The number of anilines is 2. The predicted octanol–water partition coefficient (Wildman–Crippen LogP) is 4.18. The van der Waals surface area contributed by atoms with E-state index in [1.54, 1.807) is 48.5 Å². The SMILES string of the molecule is C=CC(=O)N1CCC(Nc2cc(C(N)=Nc3ccc(Oc4ccnc(N5CCO[C@H](CO)C5)c4)cc3F)c(N=C)cc2OC)CC1. The zero-order chi connectivity index (χ0) is 32.6. The molecule has 2 aromatic carbocycles. The van der Waals surface area contributed by atoms with E-state index in [-0.39, 0.29) is 41.9 Å². The van der Waals surface area contributed by atoms with Gasteiger partial charge in [-0.25, -0.2) is 14.4 Å². The molecule has 0 unspecified atom stereocenters. The lowest BCUT2D eigenvalue weighted by Crippen LogP contribution is -2.44. The summed E-state index contributed by atoms with van der Waals surface area (Å²) >= 11 is 0. The smallest absolute Gasteiger partial charge is 0.245 e. The molecule has 3 heterocycles. The first-order valence-electron chi connectivity index (χ1n) is 14.9. The number of aliphatic hydroxyl groups is 1. The number of methoxy groups -OCH3 is 1. The molecule has 2 saturated heterocycles. The zero-order valence-corrected chi connectivity index (χ0v) is 25.7. The lowest BCUT2D eigenvalue weighted by molar-refractivity contribution is -0.126. The number of piperidine rings is 1. The number of ether oxygens (including phenoxy) is 3. The van der Waals surface area contributed by atoms with Crippen LogP contribution in [0.2, 0.25) is 0 Å². The molecule has 1 atom stereocenters. The van der Waals surface area contributed by atoms with Crippen molar-refractivity contribution in [3.63, 3.8) is 0 Å². The summed E-state index contributed by atoms with van der Waals surface area (Å²) in [7, 11) is 1.55. The Morgan fingerprint density at radius 1 is 1.20 bits per heavy atom. The van der Waals surface area contributed by atoms with Gasteiger partial charge in [0, 0.05) is 62.2 Å². The molecule has 3 aromatic rings. The number of aromatic nitrogens is 1. The summed E-state index contributed by atoms with van der Waals surface area (Å²) in [6, 6.07) is 11.3. The quantitative estimate of drug-likeness (QED) is 0.161. The summed E-state index contributed by atoms with van der Waals surface area (Å²) in [6.45, 7) is 9.95. The highest BCUT2D eigenvalue weighted by molar-refractivity contribution is 6.04. The Balaban J connectivity index is 1.31. The average Bonchev–Trinajstić information content (AvgIpc) is 3.09. The van der Waals surface area contributed by atoms with Crippen molar-refractivity contribution in [2.24, 2.45) is 15.7 Å². The molecule has 0 radical (unpaired) electrons. The number of hydrogen-bond donors (Lipinski definition) is 3. The third-order valence-corrected chi connectivity index (χ3v) is 7.88. The number of amides is 1. The zero-order valence-electron chi connectivity index (χ0n) is 25.7. The summed E-state index contributed by atoms with van der Waals surface area (Å²) in [5.74, 6) is 1.28. The number of nitrogens with two attached hydrogens (primary N) is 1. The number of nitrogens with zero attached hydrogens (tertiary/aromatic N) is 5. The molecule has 2 aliphatic heterocycles. The minimum absolute atomic E-state index is 0.0169. The van der Waals surface area contributed by atoms with Crippen molar-refractivity contribution in [3.8, 4) is 17.2 Å². The number of carbonyl (C=O) groups is 1. The minimum Gasteiger partial charge on any atom is -0.495 e. The van der Waals surface area contributed by atoms with Crippen LogP contribution in [-0.4, -0.2) is 92.1 Å². The van der Waals surface area contributed by atoms with E-state index < -0.39 is 5.82 Å². The normalized spacial score (nSPS) is 17.4. The Labute approximate surface area is 267 Å². The first kappa shape index (κ1) is 32.4. The van der Waals surface area contributed by atoms with Crippen LogP contribution < -0.4 is 25.4 Å². The maximum atomic E-state index is 15.3. The maximum absolute atomic E-state index is 15.3. The van der Waals surface area contributed by atoms with Gasteiger partial charge < -0.3 is 40.2 Å². The van der Waals surface area contributed by atoms with Gasteiger partial charge in [0.25, 0.3) is 0 Å². The second-order valence-corrected chi connectivity index (χ2v) is 10.9. The fraction of sp³-hybridized carbons (Fsp3) is 0.333. The molecule has 0 spiro atoms. The summed E-state index contributed by atoms with van der Waals surface area (Å²) in [5, 5.41) is 12.9. The number of halogens is 1. The topological polar surface area (TPSA) is 147 Å². The molecular weight excluding hydrogens is 593 g/mol. The van der Waals surface area contributed by atoms with Crippen LogP contribution in [0.4, 0.5) is 27.3 Å². The van der Waals surface area contributed by atoms with Crippen molar-refractivity contribution >= 4 is 41.3 Å². The largest absolute Gasteiger partial charge is 0.495 e. The van der Waals surface area contributed by atoms with Gasteiger partial charge in [0.05, 0.1) is 37.8 Å². The summed E-state index contributed by atoms with van der Waals surface area (Å²) in [4.78, 5) is 28.6. The van der Waals surface area contributed by atoms with Crippen LogP contribution in [0.5, 0.6) is 17.2 Å². The number of hydrogen-bond acceptors (Lipinski definition) is 10. The average molecular weight is 632 g/mol. The number of amidine groups is 1. The number of nitrogens with one attached hydrogen (secondary N) is 1. The highest BCUT2D eigenvalue weighted by Crippen LogP contribution is 2.35. The first-order valence-corrected chi connectivity index (χ1v) is 14.9. The van der Waals surface area contributed by atoms with Gasteiger partial charge >= 0.3 is 0 Å². The molecule has 0 bridgehead atoms. The Kier molecular flexibility index (Phi) is 10.5. The van der Waals surface area contributed by atoms with E-state index in [2.05, 4.69) is 33.6 Å². The minimum atomic E-state index is -0.630. The van der Waals surface area contributed by atoms with Crippen LogP contribution in [0.25, 0.3) is 0 Å². The van der Waals surface area contributed by atoms with Gasteiger partial charge in [-0.2, -0.15) is 0 Å². The van der Waals surface area contributed by atoms with Crippen molar-refractivity contribution in [1.82, 2.24) is 9.88 Å². The maximum Gasteiger partial charge on any atom is 0.245 e. The van der Waals surface area contributed by atoms with Gasteiger partial charge in [-0.15, -0.1) is 0 Å². The van der Waals surface area contributed by atoms with E-state index in [1.807, 2.05) is 4.90 Å². The molecule has 0 aliphatic carbocycles. The van der Waals surface area contributed by atoms with Crippen molar-refractivity contribution in [1.29, 1.82) is 0 Å². The molecule has 1 aromatic heterocycles. The molecule has 2 aliphatic rings. The van der Waals surface area contributed by atoms with Crippen LogP contribution in [0, 0.1) is 5.82 Å². The molecule has 5 rings (SSSR count). The Bertz CT molecular complexity index is 1610. The van der Waals surface area contributed by atoms with Crippen LogP contribution in [-0.2, 0) is 9.53 Å². The third-order valence-electron chi connectivity index (χ3n) is 7.88. The van der Waals surface area contributed by atoms with Crippen LogP contribution in [0.1, 0.15) is 18.4 Å². The number of pyridine rings is 1. The van der Waals surface area contributed by atoms with Gasteiger partial charge in [0.15, 0.2) is 5.82 Å². The molecule has 13 heteroatoms. The van der Waals surface area contributed by atoms with E-state index in [0.717, 1.165) is 12.8 Å². The Morgan fingerprint density at radius 2 is 1.98 bits per heavy atom. The van der Waals surface area contributed by atoms with Gasteiger partial charge in [0.1, 0.15) is 34.6 Å². The predicted molar refractivity (Wildman–Crippen MR) is 176 cm³/mol. The van der Waals surface area contributed by atoms with Crippen LogP contribution >= 0.6 is 0 Å². The van der Waals surface area contributed by atoms with Crippen molar-refractivity contribution in [2.75, 3.05) is 56.7 Å². The Morgan fingerprint density at radius 3 is 2.67 bits per heavy atom. The lowest BCUT2D eigenvalue weighted by atomic mass is 10.0. The molecule has 1 amide bonds. The Hall–Kier alpha value is -5.01. The van der Waals surface area contributed by atoms with Crippen molar-refractivity contribution in [2.45, 2.75) is 25.0 Å². The summed E-state index contributed by atoms with van der Waals surface area (Å²) < 4.78 is 32.3. The van der Waals surface area contributed by atoms with E-state index in [1.165, 1.54) is 18.2 Å². The third kappa shape index (κ3) is 7.61. The molecule has 12 nitrogen and oxygen atoms in total. The van der Waals surface area contributed by atoms with Gasteiger partial charge in [-0.1, -0.05) is 6.58 Å². The molecule has 2 fully saturated rings. The molecular formula is C33H38FN7O5. The van der Waals surface area contributed by atoms with Crippen molar-refractivity contribution in [3.05, 3.63) is 72.7 Å². The fourth-order valence-corrected chi connectivity index (χ4v) is 5.42. The monoisotopic (exact) mass is 631 g/mol. The number of likely N-dealkylation sites (tertiary alicyclic amines) is 1. The van der Waals surface area contributed by atoms with E-state index in [4.69, 9.17) is 19.9 Å². The number of carbonyl (C=O) groups excluding carboxylic acids is 1. The summed E-state index contributed by atoms with van der Waals surface area (Å²) in [6.07, 6.45) is 4.13. The van der Waals surface area contributed by atoms with Gasteiger partial charge in [-0.05, 0) is 49.9 Å². The number of aliphatic hydroxyl groups excluding tert-OH is 1. The lowest BCUT2D eigenvalue weighted by Gasteiger charge is -2.32. The standard InChI is InChI=1S/C33H38FN7O5/c1-4-32(43)40-11-8-21(9-12-40)38-29-17-25(28(36-2)18-30(29)44-3)33(35)39-27-6-5-22(15-26(27)34)46-23-7-10-37-31(16-23)41-13-14-45-24(19-41)20-42/h4-7,10,15-18,21,24,38,42H,1-2,8-9,11-14,19-20H2,3H3,(H2,35,39)/t24-/m0/s1. The van der Waals surface area contributed by atoms with Crippen LogP contribution in [0.3, 0.4) is 0 Å². The van der Waals surface area contributed by atoms with Crippen LogP contribution in [0.15, 0.2) is 71.3 Å². The molecule has 0 saturated carbocycles. The van der Waals surface area contributed by atoms with Gasteiger partial charge in [0.2, 0.25) is 5.91 Å². The van der Waals surface area contributed by atoms with E-state index >= 15 is 4.39 Å². The molecule has 46 heavy (non-hydrogen) atoms. The first-order chi connectivity index (χ1) is 22.3. The second-order valence-electron chi connectivity index (χ2n) is 10.9. The molecule has 242 valence electrons. The van der Waals surface area contributed by atoms with E-state index in [0.29, 0.717) is 67.0 Å². The number of aliphatic imine (C=N–C) groups is 2. The highest BCUT2D eigenvalue weighted by atomic mass is 19.1. The fourth-order valence-electron chi connectivity index (χ4n) is 5.42. The number of benzene rings is 2.